The SMILES string of the molecule is CCCCc1cc(-c2ccco2)c(-c2cncs2)[c]n1. The number of pyridine rings is 1. The summed E-state index contributed by atoms with van der Waals surface area (Å²) < 4.78 is 5.55. The van der Waals surface area contributed by atoms with Gasteiger partial charge in [-0.1, -0.05) is 13.3 Å². The van der Waals surface area contributed by atoms with E-state index in [2.05, 4.69) is 29.2 Å². The lowest BCUT2D eigenvalue weighted by molar-refractivity contribution is 0.582. The fraction of sp³-hybridized carbons (Fsp3) is 0.250. The third-order valence-electron chi connectivity index (χ3n) is 3.14. The number of aryl methyl sites for hydroxylation is 1. The van der Waals surface area contributed by atoms with E-state index in [0.29, 0.717) is 0 Å². The zero-order valence-electron chi connectivity index (χ0n) is 11.3. The number of thiazole rings is 1. The summed E-state index contributed by atoms with van der Waals surface area (Å²) in [4.78, 5) is 9.65. The first kappa shape index (κ1) is 13.1. The Morgan fingerprint density at radius 2 is 2.35 bits per heavy atom. The third kappa shape index (κ3) is 2.65. The maximum Gasteiger partial charge on any atom is 0.134 e. The molecule has 1 radical (unpaired) electrons. The Morgan fingerprint density at radius 3 is 3.05 bits per heavy atom. The largest absolute Gasteiger partial charge is 0.464 e. The number of rotatable bonds is 5. The van der Waals surface area contributed by atoms with Gasteiger partial charge in [0.15, 0.2) is 0 Å². The van der Waals surface area contributed by atoms with Crippen molar-refractivity contribution in [2.45, 2.75) is 26.2 Å². The van der Waals surface area contributed by atoms with Crippen LogP contribution in [0.15, 0.2) is 40.6 Å². The minimum absolute atomic E-state index is 0.852. The molecule has 0 saturated carbocycles. The van der Waals surface area contributed by atoms with Crippen LogP contribution in [0.3, 0.4) is 0 Å². The molecule has 0 spiro atoms. The Kier molecular flexibility index (Phi) is 3.92. The maximum atomic E-state index is 5.55. The van der Waals surface area contributed by atoms with Crippen molar-refractivity contribution in [3.63, 3.8) is 0 Å². The van der Waals surface area contributed by atoms with Crippen molar-refractivity contribution in [2.75, 3.05) is 0 Å². The first-order chi connectivity index (χ1) is 9.88. The Bertz CT molecular complexity index is 660. The first-order valence-electron chi connectivity index (χ1n) is 6.73. The average molecular weight is 283 g/mol. The minimum Gasteiger partial charge on any atom is -0.464 e. The molecule has 0 N–H and O–H groups in total. The van der Waals surface area contributed by atoms with Crippen LogP contribution < -0.4 is 0 Å². The molecule has 3 heterocycles. The van der Waals surface area contributed by atoms with Gasteiger partial charge in [0.2, 0.25) is 0 Å². The predicted molar refractivity (Wildman–Crippen MR) is 80.5 cm³/mol. The van der Waals surface area contributed by atoms with Crippen molar-refractivity contribution < 1.29 is 4.42 Å². The van der Waals surface area contributed by atoms with E-state index in [-0.39, 0.29) is 0 Å². The van der Waals surface area contributed by atoms with Crippen molar-refractivity contribution in [3.8, 4) is 21.8 Å². The van der Waals surface area contributed by atoms with Crippen LogP contribution in [0.1, 0.15) is 25.5 Å². The second-order valence-electron chi connectivity index (χ2n) is 4.59. The van der Waals surface area contributed by atoms with E-state index in [4.69, 9.17) is 4.42 Å². The Hall–Kier alpha value is -1.94. The average Bonchev–Trinajstić information content (AvgIpc) is 3.17. The second-order valence-corrected chi connectivity index (χ2v) is 5.48. The molecular weight excluding hydrogens is 268 g/mol. The highest BCUT2D eigenvalue weighted by Gasteiger charge is 2.13. The molecule has 3 nitrogen and oxygen atoms in total. The third-order valence-corrected chi connectivity index (χ3v) is 3.93. The fourth-order valence-electron chi connectivity index (χ4n) is 2.10. The summed E-state index contributed by atoms with van der Waals surface area (Å²) in [6, 6.07) is 5.98. The molecule has 0 bridgehead atoms. The van der Waals surface area contributed by atoms with E-state index < -0.39 is 0 Å². The quantitative estimate of drug-likeness (QED) is 0.686. The molecule has 0 fully saturated rings. The minimum atomic E-state index is 0.852. The van der Waals surface area contributed by atoms with E-state index in [0.717, 1.165) is 46.7 Å². The number of unbranched alkanes of at least 4 members (excludes halogenated alkanes) is 1. The maximum absolute atomic E-state index is 5.55. The van der Waals surface area contributed by atoms with Crippen LogP contribution in [0.25, 0.3) is 21.8 Å². The smallest absolute Gasteiger partial charge is 0.134 e. The zero-order chi connectivity index (χ0) is 13.8. The highest BCUT2D eigenvalue weighted by atomic mass is 32.1. The normalized spacial score (nSPS) is 10.8. The number of hydrogen-bond donors (Lipinski definition) is 0. The summed E-state index contributed by atoms with van der Waals surface area (Å²) in [6.45, 7) is 2.18. The topological polar surface area (TPSA) is 38.9 Å². The van der Waals surface area contributed by atoms with Crippen LogP contribution in [0.4, 0.5) is 0 Å². The van der Waals surface area contributed by atoms with Crippen molar-refractivity contribution in [3.05, 3.63) is 48.1 Å². The summed E-state index contributed by atoms with van der Waals surface area (Å²) in [6.07, 6.45) is 9.98. The fourth-order valence-corrected chi connectivity index (χ4v) is 2.73. The van der Waals surface area contributed by atoms with E-state index in [9.17, 15) is 0 Å². The first-order valence-corrected chi connectivity index (χ1v) is 7.60. The van der Waals surface area contributed by atoms with Crippen LogP contribution in [0.5, 0.6) is 0 Å². The van der Waals surface area contributed by atoms with Crippen molar-refractivity contribution in [1.29, 1.82) is 0 Å². The van der Waals surface area contributed by atoms with E-state index in [1.165, 1.54) is 0 Å². The van der Waals surface area contributed by atoms with Gasteiger partial charge in [-0.25, -0.2) is 0 Å². The summed E-state index contributed by atoms with van der Waals surface area (Å²) >= 11 is 1.59. The molecule has 101 valence electrons. The van der Waals surface area contributed by atoms with Crippen molar-refractivity contribution in [1.82, 2.24) is 9.97 Å². The van der Waals surface area contributed by atoms with Gasteiger partial charge < -0.3 is 4.42 Å². The zero-order valence-corrected chi connectivity index (χ0v) is 12.1. The summed E-state index contributed by atoms with van der Waals surface area (Å²) in [5.74, 6) is 0.852. The Morgan fingerprint density at radius 1 is 1.40 bits per heavy atom. The lowest BCUT2D eigenvalue weighted by Gasteiger charge is -2.07. The second kappa shape index (κ2) is 6.01. The summed E-state index contributed by atoms with van der Waals surface area (Å²) in [5, 5.41) is 0. The Balaban J connectivity index is 2.06. The standard InChI is InChI=1S/C16H15N2OS/c1-2-3-5-12-8-13(15-6-4-7-19-15)14(9-18-12)16-10-17-11-20-16/h4,6-8,10-11H,2-3,5H2,1H3. The van der Waals surface area contributed by atoms with E-state index in [1.807, 2.05) is 23.8 Å². The number of hydrogen-bond acceptors (Lipinski definition) is 4. The van der Waals surface area contributed by atoms with Crippen LogP contribution in [-0.2, 0) is 6.42 Å². The molecule has 0 aliphatic carbocycles. The van der Waals surface area contributed by atoms with Gasteiger partial charge in [0.25, 0.3) is 0 Å². The summed E-state index contributed by atoms with van der Waals surface area (Å²) in [7, 11) is 0. The van der Waals surface area contributed by atoms with Gasteiger partial charge in [-0.2, -0.15) is 0 Å². The number of aromatic nitrogens is 2. The molecule has 20 heavy (non-hydrogen) atoms. The van der Waals surface area contributed by atoms with Crippen molar-refractivity contribution in [2.24, 2.45) is 0 Å². The van der Waals surface area contributed by atoms with Gasteiger partial charge >= 0.3 is 0 Å². The molecule has 0 unspecified atom stereocenters. The molecule has 0 aliphatic heterocycles. The molecule has 3 rings (SSSR count). The van der Waals surface area contributed by atoms with Gasteiger partial charge in [-0.3, -0.25) is 9.97 Å². The molecule has 0 aromatic carbocycles. The molecule has 4 heteroatoms. The molecule has 3 aromatic heterocycles. The highest BCUT2D eigenvalue weighted by Crippen LogP contribution is 2.34. The predicted octanol–water partition coefficient (Wildman–Crippen LogP) is 4.61. The molecular formula is C16H15N2OS. The lowest BCUT2D eigenvalue weighted by Crippen LogP contribution is -1.93. The number of nitrogens with zero attached hydrogens (tertiary/aromatic N) is 2. The summed E-state index contributed by atoms with van der Waals surface area (Å²) in [5.41, 5.74) is 4.88. The lowest BCUT2D eigenvalue weighted by atomic mass is 10.0. The van der Waals surface area contributed by atoms with Gasteiger partial charge in [0.05, 0.1) is 22.8 Å². The van der Waals surface area contributed by atoms with E-state index in [1.54, 1.807) is 17.6 Å². The van der Waals surface area contributed by atoms with E-state index >= 15 is 0 Å². The van der Waals surface area contributed by atoms with Gasteiger partial charge in [-0.15, -0.1) is 11.3 Å². The molecule has 3 aromatic rings. The van der Waals surface area contributed by atoms with Crippen LogP contribution in [-0.4, -0.2) is 9.97 Å². The van der Waals surface area contributed by atoms with Crippen LogP contribution >= 0.6 is 11.3 Å². The molecule has 0 saturated heterocycles. The number of furan rings is 1. The van der Waals surface area contributed by atoms with Gasteiger partial charge in [-0.05, 0) is 31.0 Å². The molecule has 0 aliphatic rings. The van der Waals surface area contributed by atoms with Crippen molar-refractivity contribution >= 4 is 11.3 Å². The molecule has 0 atom stereocenters. The van der Waals surface area contributed by atoms with Gasteiger partial charge in [0, 0.05) is 23.0 Å². The van der Waals surface area contributed by atoms with Crippen LogP contribution in [0.2, 0.25) is 0 Å². The highest BCUT2D eigenvalue weighted by molar-refractivity contribution is 7.13. The Labute approximate surface area is 122 Å². The van der Waals surface area contributed by atoms with Crippen LogP contribution in [0, 0.1) is 6.20 Å². The monoisotopic (exact) mass is 283 g/mol. The molecule has 0 amide bonds. The van der Waals surface area contributed by atoms with Gasteiger partial charge in [0.1, 0.15) is 5.76 Å².